The van der Waals surface area contributed by atoms with E-state index >= 15 is 0 Å². The molecule has 0 saturated heterocycles. The highest BCUT2D eigenvalue weighted by Crippen LogP contribution is 2.23. The maximum atomic E-state index is 12.4. The highest BCUT2D eigenvalue weighted by molar-refractivity contribution is 6.03. The number of aromatic nitrogens is 1. The average Bonchev–Trinajstić information content (AvgIpc) is 3.16. The van der Waals surface area contributed by atoms with E-state index in [1.165, 1.54) is 0 Å². The second kappa shape index (κ2) is 7.52. The molecule has 0 unspecified atom stereocenters. The summed E-state index contributed by atoms with van der Waals surface area (Å²) in [7, 11) is 0. The van der Waals surface area contributed by atoms with Gasteiger partial charge >= 0.3 is 5.97 Å². The van der Waals surface area contributed by atoms with E-state index in [-0.39, 0.29) is 12.6 Å². The van der Waals surface area contributed by atoms with Crippen LogP contribution in [0.25, 0.3) is 21.9 Å². The maximum absolute atomic E-state index is 12.4. The lowest BCUT2D eigenvalue weighted by molar-refractivity contribution is -0.125. The van der Waals surface area contributed by atoms with Crippen LogP contribution in [0.4, 0.5) is 0 Å². The van der Waals surface area contributed by atoms with Crippen LogP contribution in [0.15, 0.2) is 71.3 Å². The van der Waals surface area contributed by atoms with Gasteiger partial charge in [0.2, 0.25) is 0 Å². The van der Waals surface area contributed by atoms with Crippen molar-refractivity contribution in [3.05, 3.63) is 78.2 Å². The monoisotopic (exact) mass is 374 g/mol. The quantitative estimate of drug-likeness (QED) is 0.534. The smallest absolute Gasteiger partial charge is 0.340 e. The molecule has 0 aliphatic rings. The summed E-state index contributed by atoms with van der Waals surface area (Å²) in [4.78, 5) is 28.8. The summed E-state index contributed by atoms with van der Waals surface area (Å²) in [5, 5.41) is 4.58. The van der Waals surface area contributed by atoms with E-state index in [1.54, 1.807) is 24.4 Å². The standard InChI is InChI=1S/C22H18N2O4/c1-14(19-12-16-6-2-3-10-18(16)28-19)24-20(25)13-27-22(26)17-9-4-7-15-8-5-11-23-21(15)17/h2-12,14H,13H2,1H3,(H,24,25)/t14-/m1/s1. The fourth-order valence-electron chi connectivity index (χ4n) is 3.05. The normalized spacial score (nSPS) is 12.0. The third-order valence-corrected chi connectivity index (χ3v) is 4.44. The number of carbonyl (C=O) groups excluding carboxylic acids is 2. The van der Waals surface area contributed by atoms with Crippen LogP contribution >= 0.6 is 0 Å². The van der Waals surface area contributed by atoms with Crippen molar-refractivity contribution in [3.8, 4) is 0 Å². The number of hydrogen-bond acceptors (Lipinski definition) is 5. The van der Waals surface area contributed by atoms with Gasteiger partial charge in [0.1, 0.15) is 11.3 Å². The number of furan rings is 1. The topological polar surface area (TPSA) is 81.4 Å². The molecule has 1 amide bonds. The molecule has 1 N–H and O–H groups in total. The Kier molecular flexibility index (Phi) is 4.76. The third kappa shape index (κ3) is 3.57. The number of nitrogens with one attached hydrogen (secondary N) is 1. The van der Waals surface area contributed by atoms with Gasteiger partial charge < -0.3 is 14.5 Å². The first kappa shape index (κ1) is 17.7. The zero-order valence-electron chi connectivity index (χ0n) is 15.2. The van der Waals surface area contributed by atoms with E-state index in [9.17, 15) is 9.59 Å². The number of esters is 1. The minimum atomic E-state index is -0.587. The van der Waals surface area contributed by atoms with Crippen molar-refractivity contribution < 1.29 is 18.7 Å². The summed E-state index contributed by atoms with van der Waals surface area (Å²) in [6, 6.07) is 18.1. The number of nitrogens with zero attached hydrogens (tertiary/aromatic N) is 1. The molecule has 140 valence electrons. The summed E-state index contributed by atoms with van der Waals surface area (Å²) in [6.07, 6.45) is 1.61. The second-order valence-corrected chi connectivity index (χ2v) is 6.43. The lowest BCUT2D eigenvalue weighted by Crippen LogP contribution is -2.31. The van der Waals surface area contributed by atoms with Crippen molar-refractivity contribution in [3.63, 3.8) is 0 Å². The molecule has 6 nitrogen and oxygen atoms in total. The number of carbonyl (C=O) groups is 2. The van der Waals surface area contributed by atoms with Crippen molar-refractivity contribution in [2.75, 3.05) is 6.61 Å². The molecule has 0 aliphatic heterocycles. The Morgan fingerprint density at radius 1 is 1.07 bits per heavy atom. The third-order valence-electron chi connectivity index (χ3n) is 4.44. The molecule has 0 bridgehead atoms. The first-order chi connectivity index (χ1) is 13.6. The van der Waals surface area contributed by atoms with Gasteiger partial charge in [0.15, 0.2) is 6.61 Å². The van der Waals surface area contributed by atoms with Crippen LogP contribution in [-0.2, 0) is 9.53 Å². The summed E-state index contributed by atoms with van der Waals surface area (Å²) in [5.41, 5.74) is 1.63. The van der Waals surface area contributed by atoms with Crippen LogP contribution in [0.2, 0.25) is 0 Å². The Morgan fingerprint density at radius 3 is 2.71 bits per heavy atom. The molecule has 0 saturated carbocycles. The number of rotatable bonds is 5. The molecule has 2 aromatic heterocycles. The van der Waals surface area contributed by atoms with Crippen LogP contribution in [0.1, 0.15) is 29.1 Å². The van der Waals surface area contributed by atoms with E-state index < -0.39 is 11.9 Å². The van der Waals surface area contributed by atoms with E-state index in [0.717, 1.165) is 16.4 Å². The molecular formula is C22H18N2O4. The largest absolute Gasteiger partial charge is 0.459 e. The highest BCUT2D eigenvalue weighted by Gasteiger charge is 2.17. The van der Waals surface area contributed by atoms with Gasteiger partial charge in [-0.3, -0.25) is 9.78 Å². The van der Waals surface area contributed by atoms with Crippen molar-refractivity contribution in [1.82, 2.24) is 10.3 Å². The van der Waals surface area contributed by atoms with Crippen molar-refractivity contribution in [1.29, 1.82) is 0 Å². The van der Waals surface area contributed by atoms with E-state index in [4.69, 9.17) is 9.15 Å². The van der Waals surface area contributed by atoms with Gasteiger partial charge in [-0.05, 0) is 31.2 Å². The molecule has 0 spiro atoms. The lowest BCUT2D eigenvalue weighted by Gasteiger charge is -2.12. The predicted octanol–water partition coefficient (Wildman–Crippen LogP) is 4.02. The highest BCUT2D eigenvalue weighted by atomic mass is 16.5. The molecule has 0 fully saturated rings. The number of amides is 1. The fourth-order valence-corrected chi connectivity index (χ4v) is 3.05. The van der Waals surface area contributed by atoms with Gasteiger partial charge in [-0.2, -0.15) is 0 Å². The van der Waals surface area contributed by atoms with Crippen molar-refractivity contribution >= 4 is 33.7 Å². The van der Waals surface area contributed by atoms with Gasteiger partial charge in [0, 0.05) is 17.0 Å². The molecule has 4 aromatic rings. The molecule has 6 heteroatoms. The average molecular weight is 374 g/mol. The minimum Gasteiger partial charge on any atom is -0.459 e. The summed E-state index contributed by atoms with van der Waals surface area (Å²) < 4.78 is 10.9. The lowest BCUT2D eigenvalue weighted by atomic mass is 10.1. The molecule has 0 radical (unpaired) electrons. The number of benzene rings is 2. The maximum Gasteiger partial charge on any atom is 0.340 e. The number of fused-ring (bicyclic) bond motifs is 2. The summed E-state index contributed by atoms with van der Waals surface area (Å²) in [5.74, 6) is -0.357. The van der Waals surface area contributed by atoms with Gasteiger partial charge in [0.05, 0.1) is 17.1 Å². The zero-order valence-corrected chi connectivity index (χ0v) is 15.2. The molecule has 2 heterocycles. The van der Waals surface area contributed by atoms with Crippen molar-refractivity contribution in [2.24, 2.45) is 0 Å². The molecule has 0 aliphatic carbocycles. The molecular weight excluding hydrogens is 356 g/mol. The van der Waals surface area contributed by atoms with E-state index in [1.807, 2.05) is 49.4 Å². The van der Waals surface area contributed by atoms with Gasteiger partial charge in [-0.25, -0.2) is 4.79 Å². The van der Waals surface area contributed by atoms with Crippen LogP contribution < -0.4 is 5.32 Å². The Labute approximate surface area is 161 Å². The second-order valence-electron chi connectivity index (χ2n) is 6.43. The zero-order chi connectivity index (χ0) is 19.5. The molecule has 2 aromatic carbocycles. The van der Waals surface area contributed by atoms with Gasteiger partial charge in [-0.15, -0.1) is 0 Å². The Hall–Kier alpha value is -3.67. The molecule has 4 rings (SSSR count). The van der Waals surface area contributed by atoms with E-state index in [2.05, 4.69) is 10.3 Å². The van der Waals surface area contributed by atoms with Crippen molar-refractivity contribution in [2.45, 2.75) is 13.0 Å². The fraction of sp³-hybridized carbons (Fsp3) is 0.136. The number of hydrogen-bond donors (Lipinski definition) is 1. The number of ether oxygens (including phenoxy) is 1. The first-order valence-electron chi connectivity index (χ1n) is 8.90. The number of pyridine rings is 1. The number of para-hydroxylation sites is 2. The summed E-state index contributed by atoms with van der Waals surface area (Å²) in [6.45, 7) is 1.43. The summed E-state index contributed by atoms with van der Waals surface area (Å²) >= 11 is 0. The Bertz CT molecular complexity index is 1130. The van der Waals surface area contributed by atoms with Gasteiger partial charge in [0.25, 0.3) is 5.91 Å². The predicted molar refractivity (Wildman–Crippen MR) is 105 cm³/mol. The van der Waals surface area contributed by atoms with Crippen LogP contribution in [0.5, 0.6) is 0 Å². The van der Waals surface area contributed by atoms with Crippen LogP contribution in [0, 0.1) is 0 Å². The first-order valence-corrected chi connectivity index (χ1v) is 8.90. The molecule has 28 heavy (non-hydrogen) atoms. The Morgan fingerprint density at radius 2 is 1.86 bits per heavy atom. The molecule has 1 atom stereocenters. The SMILES string of the molecule is C[C@@H](NC(=O)COC(=O)c1cccc2cccnc12)c1cc2ccccc2o1. The van der Waals surface area contributed by atoms with E-state index in [0.29, 0.717) is 16.8 Å². The van der Waals surface area contributed by atoms with Crippen LogP contribution in [-0.4, -0.2) is 23.5 Å². The van der Waals surface area contributed by atoms with Gasteiger partial charge in [-0.1, -0.05) is 36.4 Å². The minimum absolute atomic E-state index is 0.330. The van der Waals surface area contributed by atoms with Crippen LogP contribution in [0.3, 0.4) is 0 Å². The Balaban J connectivity index is 1.39.